The minimum Gasteiger partial charge on any atom is -0.465 e. The number of aromatic amines is 1. The highest BCUT2D eigenvalue weighted by atomic mass is 16.5. The number of ether oxygens (including phenoxy) is 1. The molecule has 2 N–H and O–H groups in total. The Hall–Kier alpha value is -4.13. The molecule has 0 unspecified atom stereocenters. The van der Waals surface area contributed by atoms with Crippen LogP contribution in [0.3, 0.4) is 0 Å². The fourth-order valence-corrected chi connectivity index (χ4v) is 5.04. The van der Waals surface area contributed by atoms with E-state index in [1.807, 2.05) is 32.0 Å². The highest BCUT2D eigenvalue weighted by Crippen LogP contribution is 2.33. The van der Waals surface area contributed by atoms with Crippen molar-refractivity contribution in [2.24, 2.45) is 0 Å². The van der Waals surface area contributed by atoms with Crippen molar-refractivity contribution in [3.63, 3.8) is 0 Å². The topological polar surface area (TPSA) is 93.2 Å². The average molecular weight is 514 g/mol. The number of nitrogens with zero attached hydrogens (tertiary/aromatic N) is 1. The van der Waals surface area contributed by atoms with E-state index >= 15 is 0 Å². The lowest BCUT2D eigenvalue weighted by molar-refractivity contribution is 0.0600. The smallest absolute Gasteiger partial charge is 0.337 e. The molecule has 38 heavy (non-hydrogen) atoms. The summed E-state index contributed by atoms with van der Waals surface area (Å²) >= 11 is 0. The molecule has 7 nitrogen and oxygen atoms in total. The quantitative estimate of drug-likeness (QED) is 0.289. The summed E-state index contributed by atoms with van der Waals surface area (Å²) in [6.45, 7) is 10.3. The van der Waals surface area contributed by atoms with Gasteiger partial charge in [-0.1, -0.05) is 25.5 Å². The molecule has 7 heteroatoms. The average Bonchev–Trinajstić information content (AvgIpc) is 3.23. The Morgan fingerprint density at radius 1 is 1.08 bits per heavy atom. The number of hydrogen-bond donors (Lipinski definition) is 2. The molecule has 4 rings (SSSR count). The number of H-pyrrole nitrogens is 1. The number of hydrogen-bond acceptors (Lipinski definition) is 4. The Labute approximate surface area is 222 Å². The van der Waals surface area contributed by atoms with Gasteiger partial charge in [-0.2, -0.15) is 0 Å². The van der Waals surface area contributed by atoms with Gasteiger partial charge in [0, 0.05) is 46.5 Å². The van der Waals surface area contributed by atoms with Crippen LogP contribution in [0.25, 0.3) is 22.0 Å². The van der Waals surface area contributed by atoms with Gasteiger partial charge in [-0.15, -0.1) is 0 Å². The zero-order chi connectivity index (χ0) is 27.6. The number of methoxy groups -OCH3 is 1. The Bertz CT molecular complexity index is 1580. The van der Waals surface area contributed by atoms with E-state index in [2.05, 4.69) is 47.9 Å². The Morgan fingerprint density at radius 3 is 2.53 bits per heavy atom. The highest BCUT2D eigenvalue weighted by Gasteiger charge is 2.20. The molecule has 2 aromatic heterocycles. The molecule has 2 aromatic carbocycles. The van der Waals surface area contributed by atoms with Gasteiger partial charge in [0.15, 0.2) is 0 Å². The maximum Gasteiger partial charge on any atom is 0.337 e. The van der Waals surface area contributed by atoms with Crippen molar-refractivity contribution in [3.05, 3.63) is 92.5 Å². The van der Waals surface area contributed by atoms with Crippen LogP contribution in [0.4, 0.5) is 0 Å². The summed E-state index contributed by atoms with van der Waals surface area (Å²) in [6, 6.07) is 13.3. The van der Waals surface area contributed by atoms with Crippen molar-refractivity contribution in [3.8, 4) is 11.1 Å². The first-order valence-electron chi connectivity index (χ1n) is 13.0. The van der Waals surface area contributed by atoms with Crippen LogP contribution in [-0.4, -0.2) is 28.5 Å². The molecule has 4 aromatic rings. The van der Waals surface area contributed by atoms with Crippen molar-refractivity contribution < 1.29 is 14.3 Å². The summed E-state index contributed by atoms with van der Waals surface area (Å²) in [7, 11) is 1.35. The van der Waals surface area contributed by atoms with Gasteiger partial charge in [0.25, 0.3) is 11.5 Å². The Morgan fingerprint density at radius 2 is 1.84 bits per heavy atom. The van der Waals surface area contributed by atoms with Crippen LogP contribution in [-0.2, 0) is 17.7 Å². The van der Waals surface area contributed by atoms with E-state index in [0.29, 0.717) is 16.7 Å². The fourth-order valence-electron chi connectivity index (χ4n) is 5.04. The lowest BCUT2D eigenvalue weighted by Gasteiger charge is -2.15. The third-order valence-electron chi connectivity index (χ3n) is 6.85. The number of pyridine rings is 1. The molecule has 0 saturated heterocycles. The molecule has 0 atom stereocenters. The Kier molecular flexibility index (Phi) is 7.86. The molecular formula is C31H35N3O4. The second-order valence-corrected chi connectivity index (χ2v) is 10.0. The first kappa shape index (κ1) is 26.9. The van der Waals surface area contributed by atoms with Crippen LogP contribution in [0.2, 0.25) is 0 Å². The summed E-state index contributed by atoms with van der Waals surface area (Å²) in [5.74, 6) is -0.675. The molecular weight excluding hydrogens is 478 g/mol. The molecule has 0 aliphatic rings. The second-order valence-electron chi connectivity index (χ2n) is 10.0. The molecule has 0 fully saturated rings. The van der Waals surface area contributed by atoms with E-state index in [-0.39, 0.29) is 24.1 Å². The van der Waals surface area contributed by atoms with Crippen LogP contribution in [0.5, 0.6) is 0 Å². The standard InChI is InChI=1S/C31H35N3O4/c1-7-9-22-12-20(5)33-30(36)26(22)16-32-29(35)25-14-24(21-10-8-11-23(13-21)31(37)38-6)15-27-28(25)19(4)17-34(27)18(2)3/h8,10-15,17-18H,7,9,16H2,1-6H3,(H,32,35)(H,33,36). The van der Waals surface area contributed by atoms with E-state index in [0.717, 1.165) is 51.7 Å². The molecule has 1 amide bonds. The van der Waals surface area contributed by atoms with Crippen molar-refractivity contribution in [1.82, 2.24) is 14.9 Å². The zero-order valence-corrected chi connectivity index (χ0v) is 22.9. The van der Waals surface area contributed by atoms with Gasteiger partial charge in [0.2, 0.25) is 0 Å². The summed E-state index contributed by atoms with van der Waals surface area (Å²) in [5.41, 5.74) is 6.68. The van der Waals surface area contributed by atoms with E-state index in [1.54, 1.807) is 18.2 Å². The lowest BCUT2D eigenvalue weighted by Crippen LogP contribution is -2.28. The van der Waals surface area contributed by atoms with Crippen molar-refractivity contribution >= 4 is 22.8 Å². The molecule has 0 aliphatic carbocycles. The third kappa shape index (κ3) is 5.28. The second kappa shape index (κ2) is 11.1. The van der Waals surface area contributed by atoms with E-state index < -0.39 is 5.97 Å². The number of nitrogens with one attached hydrogen (secondary N) is 2. The van der Waals surface area contributed by atoms with Gasteiger partial charge in [0.05, 0.1) is 12.7 Å². The van der Waals surface area contributed by atoms with Crippen LogP contribution < -0.4 is 10.9 Å². The van der Waals surface area contributed by atoms with Gasteiger partial charge in [-0.3, -0.25) is 9.59 Å². The number of fused-ring (bicyclic) bond motifs is 1. The predicted molar refractivity (Wildman–Crippen MR) is 151 cm³/mol. The summed E-state index contributed by atoms with van der Waals surface area (Å²) in [5, 5.41) is 3.88. The number of rotatable bonds is 8. The van der Waals surface area contributed by atoms with Crippen molar-refractivity contribution in [1.29, 1.82) is 0 Å². The minimum atomic E-state index is -0.418. The summed E-state index contributed by atoms with van der Waals surface area (Å²) < 4.78 is 7.05. The van der Waals surface area contributed by atoms with E-state index in [1.165, 1.54) is 7.11 Å². The number of carbonyl (C=O) groups is 2. The molecule has 0 radical (unpaired) electrons. The van der Waals surface area contributed by atoms with Crippen molar-refractivity contribution in [2.75, 3.05) is 7.11 Å². The maximum atomic E-state index is 13.7. The van der Waals surface area contributed by atoms with Gasteiger partial charge < -0.3 is 19.6 Å². The maximum absolute atomic E-state index is 13.7. The molecule has 198 valence electrons. The van der Waals surface area contributed by atoms with E-state index in [9.17, 15) is 14.4 Å². The van der Waals surface area contributed by atoms with E-state index in [4.69, 9.17) is 4.74 Å². The van der Waals surface area contributed by atoms with Gasteiger partial charge in [-0.25, -0.2) is 4.79 Å². The number of carbonyl (C=O) groups excluding carboxylic acids is 2. The first-order chi connectivity index (χ1) is 18.1. The zero-order valence-electron chi connectivity index (χ0n) is 22.9. The number of esters is 1. The molecule has 0 aliphatic heterocycles. The number of aryl methyl sites for hydroxylation is 3. The summed E-state index contributed by atoms with van der Waals surface area (Å²) in [4.78, 5) is 41.5. The number of amides is 1. The SMILES string of the molecule is CCCc1cc(C)[nH]c(=O)c1CNC(=O)c1cc(-c2cccc(C(=O)OC)c2)cc2c1c(C)cn2C(C)C. The molecule has 0 bridgehead atoms. The van der Waals surface area contributed by atoms with Crippen LogP contribution in [0.1, 0.15) is 76.3 Å². The number of benzene rings is 2. The summed E-state index contributed by atoms with van der Waals surface area (Å²) in [6.07, 6.45) is 3.73. The van der Waals surface area contributed by atoms with Gasteiger partial charge in [-0.05, 0) is 86.7 Å². The highest BCUT2D eigenvalue weighted by molar-refractivity contribution is 6.09. The fraction of sp³-hybridized carbons (Fsp3) is 0.323. The molecule has 2 heterocycles. The van der Waals surface area contributed by atoms with Gasteiger partial charge >= 0.3 is 5.97 Å². The van der Waals surface area contributed by atoms with Crippen LogP contribution in [0, 0.1) is 13.8 Å². The predicted octanol–water partition coefficient (Wildman–Crippen LogP) is 5.86. The van der Waals surface area contributed by atoms with Crippen molar-refractivity contribution in [2.45, 2.75) is 60.0 Å². The van der Waals surface area contributed by atoms with Crippen LogP contribution in [0.15, 0.2) is 53.5 Å². The third-order valence-corrected chi connectivity index (χ3v) is 6.85. The molecule has 0 spiro atoms. The van der Waals surface area contributed by atoms with Gasteiger partial charge in [0.1, 0.15) is 0 Å². The first-order valence-corrected chi connectivity index (χ1v) is 13.0. The molecule has 0 saturated carbocycles. The Balaban J connectivity index is 1.81. The lowest BCUT2D eigenvalue weighted by atomic mass is 9.96. The largest absolute Gasteiger partial charge is 0.465 e. The normalized spacial score (nSPS) is 11.2. The monoisotopic (exact) mass is 513 g/mol. The van der Waals surface area contributed by atoms with Crippen LogP contribution >= 0.6 is 0 Å². The minimum absolute atomic E-state index is 0.136. The number of aromatic nitrogens is 2.